The van der Waals surface area contributed by atoms with Crippen molar-refractivity contribution in [1.82, 2.24) is 10.3 Å². The Labute approximate surface area is 184 Å². The van der Waals surface area contributed by atoms with Crippen molar-refractivity contribution in [2.45, 2.75) is 31.2 Å². The number of urea groups is 1. The molecule has 0 spiro atoms. The third-order valence-electron chi connectivity index (χ3n) is 6.35. The molecule has 0 radical (unpaired) electrons. The number of amides is 3. The fourth-order valence-corrected chi connectivity index (χ4v) is 5.10. The van der Waals surface area contributed by atoms with Gasteiger partial charge in [0.05, 0.1) is 29.4 Å². The van der Waals surface area contributed by atoms with Crippen LogP contribution in [0.25, 0.3) is 10.8 Å². The number of halogens is 1. The first-order valence-electron chi connectivity index (χ1n) is 10.2. The van der Waals surface area contributed by atoms with E-state index in [2.05, 4.69) is 16.4 Å². The molecule has 3 atom stereocenters. The lowest BCUT2D eigenvalue weighted by atomic mass is 9.74. The molecule has 2 heterocycles. The lowest BCUT2D eigenvalue weighted by Crippen LogP contribution is -2.61. The van der Waals surface area contributed by atoms with E-state index in [4.69, 9.17) is 11.6 Å². The van der Waals surface area contributed by atoms with Crippen LogP contribution in [0.3, 0.4) is 0 Å². The normalized spacial score (nSPS) is 23.2. The number of fused-ring (bicyclic) bond motifs is 2. The van der Waals surface area contributed by atoms with Crippen LogP contribution in [-0.4, -0.2) is 23.0 Å². The third kappa shape index (κ3) is 3.31. The molecule has 3 amide bonds. The van der Waals surface area contributed by atoms with Crippen LogP contribution >= 0.6 is 11.6 Å². The number of hydrogen-bond acceptors (Lipinski definition) is 4. The minimum atomic E-state index is -0.429. The SMILES string of the molecule is N#Cc1ccc(Cl)c(C2CCC3C(=O)N(c4cncc5ccccc45)C(=O)NC3C2)c1. The number of nitrogens with one attached hydrogen (secondary N) is 1. The van der Waals surface area contributed by atoms with Gasteiger partial charge in [0.2, 0.25) is 5.91 Å². The second-order valence-corrected chi connectivity index (χ2v) is 8.48. The van der Waals surface area contributed by atoms with Crippen molar-refractivity contribution in [2.24, 2.45) is 5.92 Å². The molecule has 154 valence electrons. The maximum absolute atomic E-state index is 13.4. The summed E-state index contributed by atoms with van der Waals surface area (Å²) in [6.45, 7) is 0. The Hall–Kier alpha value is -3.43. The summed E-state index contributed by atoms with van der Waals surface area (Å²) >= 11 is 6.40. The Morgan fingerprint density at radius 3 is 2.81 bits per heavy atom. The van der Waals surface area contributed by atoms with E-state index in [0.29, 0.717) is 29.1 Å². The van der Waals surface area contributed by atoms with E-state index in [-0.39, 0.29) is 23.8 Å². The third-order valence-corrected chi connectivity index (χ3v) is 6.70. The van der Waals surface area contributed by atoms with E-state index in [9.17, 15) is 14.9 Å². The minimum Gasteiger partial charge on any atom is -0.334 e. The highest BCUT2D eigenvalue weighted by atomic mass is 35.5. The van der Waals surface area contributed by atoms with Gasteiger partial charge in [-0.15, -0.1) is 0 Å². The molecule has 31 heavy (non-hydrogen) atoms. The summed E-state index contributed by atoms with van der Waals surface area (Å²) in [6, 6.07) is 14.3. The number of imide groups is 1. The van der Waals surface area contributed by atoms with E-state index in [1.165, 1.54) is 4.90 Å². The number of carbonyl (C=O) groups is 2. The average Bonchev–Trinajstić information content (AvgIpc) is 2.79. The smallest absolute Gasteiger partial charge is 0.329 e. The number of aromatic nitrogens is 1. The summed E-state index contributed by atoms with van der Waals surface area (Å²) < 4.78 is 0. The van der Waals surface area contributed by atoms with Crippen LogP contribution in [0.1, 0.15) is 36.3 Å². The number of carbonyl (C=O) groups excluding carboxylic acids is 2. The Bertz CT molecular complexity index is 1250. The second-order valence-electron chi connectivity index (χ2n) is 8.07. The first-order chi connectivity index (χ1) is 15.1. The van der Waals surface area contributed by atoms with Crippen molar-refractivity contribution in [3.05, 3.63) is 71.0 Å². The molecule has 3 unspecified atom stereocenters. The fraction of sp³-hybridized carbons (Fsp3) is 0.250. The fourth-order valence-electron chi connectivity index (χ4n) is 4.83. The molecule has 1 saturated heterocycles. The molecule has 1 aliphatic heterocycles. The predicted molar refractivity (Wildman–Crippen MR) is 118 cm³/mol. The van der Waals surface area contributed by atoms with Crippen LogP contribution in [0.4, 0.5) is 10.5 Å². The molecule has 1 saturated carbocycles. The van der Waals surface area contributed by atoms with Gasteiger partial charge in [0, 0.05) is 28.0 Å². The quantitative estimate of drug-likeness (QED) is 0.634. The van der Waals surface area contributed by atoms with Crippen LogP contribution in [0, 0.1) is 17.2 Å². The lowest BCUT2D eigenvalue weighted by molar-refractivity contribution is -0.124. The predicted octanol–water partition coefficient (Wildman–Crippen LogP) is 4.77. The van der Waals surface area contributed by atoms with Gasteiger partial charge in [0.25, 0.3) is 0 Å². The molecule has 1 N–H and O–H groups in total. The zero-order valence-corrected chi connectivity index (χ0v) is 17.3. The van der Waals surface area contributed by atoms with Crippen LogP contribution in [0.5, 0.6) is 0 Å². The van der Waals surface area contributed by atoms with Gasteiger partial charge in [-0.1, -0.05) is 35.9 Å². The number of hydrogen-bond donors (Lipinski definition) is 1. The summed E-state index contributed by atoms with van der Waals surface area (Å²) in [5.41, 5.74) is 1.97. The topological polar surface area (TPSA) is 86.1 Å². The van der Waals surface area contributed by atoms with Gasteiger partial charge in [0.1, 0.15) is 0 Å². The summed E-state index contributed by atoms with van der Waals surface area (Å²) in [5, 5.41) is 14.6. The molecule has 2 aliphatic rings. The van der Waals surface area contributed by atoms with E-state index in [1.807, 2.05) is 30.3 Å². The molecule has 5 rings (SSSR count). The van der Waals surface area contributed by atoms with Crippen molar-refractivity contribution in [3.63, 3.8) is 0 Å². The summed E-state index contributed by atoms with van der Waals surface area (Å²) in [4.78, 5) is 31.9. The Morgan fingerprint density at radius 2 is 1.97 bits per heavy atom. The van der Waals surface area contributed by atoms with Crippen LogP contribution in [0.2, 0.25) is 5.02 Å². The molecule has 2 aromatic carbocycles. The van der Waals surface area contributed by atoms with E-state index < -0.39 is 6.03 Å². The van der Waals surface area contributed by atoms with Gasteiger partial charge in [-0.05, 0) is 48.9 Å². The highest BCUT2D eigenvalue weighted by Gasteiger charge is 2.45. The van der Waals surface area contributed by atoms with E-state index in [1.54, 1.807) is 24.5 Å². The number of benzene rings is 2. The largest absolute Gasteiger partial charge is 0.334 e. The highest BCUT2D eigenvalue weighted by Crippen LogP contribution is 2.42. The Morgan fingerprint density at radius 1 is 1.13 bits per heavy atom. The van der Waals surface area contributed by atoms with Crippen LogP contribution < -0.4 is 10.2 Å². The Kier molecular flexibility index (Phi) is 4.84. The van der Waals surface area contributed by atoms with E-state index >= 15 is 0 Å². The Balaban J connectivity index is 1.44. The van der Waals surface area contributed by atoms with Gasteiger partial charge in [0.15, 0.2) is 0 Å². The standard InChI is InChI=1S/C24H19ClN4O2/c25-20-8-5-14(11-26)9-19(20)15-6-7-18-21(10-15)28-24(31)29(23(18)30)22-13-27-12-16-3-1-2-4-17(16)22/h1-5,8-9,12-13,15,18,21H,6-7,10H2,(H,28,31). The molecular weight excluding hydrogens is 412 g/mol. The number of pyridine rings is 1. The lowest BCUT2D eigenvalue weighted by Gasteiger charge is -2.42. The van der Waals surface area contributed by atoms with Gasteiger partial charge >= 0.3 is 6.03 Å². The van der Waals surface area contributed by atoms with E-state index in [0.717, 1.165) is 22.8 Å². The average molecular weight is 431 g/mol. The van der Waals surface area contributed by atoms with Gasteiger partial charge in [-0.25, -0.2) is 9.69 Å². The van der Waals surface area contributed by atoms with Gasteiger partial charge in [-0.2, -0.15) is 5.26 Å². The first-order valence-corrected chi connectivity index (χ1v) is 10.6. The summed E-state index contributed by atoms with van der Waals surface area (Å²) in [7, 11) is 0. The minimum absolute atomic E-state index is 0.0842. The van der Waals surface area contributed by atoms with Gasteiger partial charge < -0.3 is 5.32 Å². The molecule has 1 aromatic heterocycles. The van der Waals surface area contributed by atoms with Crippen molar-refractivity contribution in [1.29, 1.82) is 5.26 Å². The number of nitrogens with zero attached hydrogens (tertiary/aromatic N) is 3. The molecule has 7 heteroatoms. The summed E-state index contributed by atoms with van der Waals surface area (Å²) in [5.74, 6) is -0.408. The van der Waals surface area contributed by atoms with Crippen LogP contribution in [-0.2, 0) is 4.79 Å². The first kappa shape index (κ1) is 19.5. The monoisotopic (exact) mass is 430 g/mol. The van der Waals surface area contributed by atoms with Crippen molar-refractivity contribution >= 4 is 40.0 Å². The molecule has 3 aromatic rings. The highest BCUT2D eigenvalue weighted by molar-refractivity contribution is 6.31. The van der Waals surface area contributed by atoms with Crippen molar-refractivity contribution in [2.75, 3.05) is 4.90 Å². The molecule has 0 bridgehead atoms. The second kappa shape index (κ2) is 7.68. The van der Waals surface area contributed by atoms with Crippen molar-refractivity contribution < 1.29 is 9.59 Å². The zero-order valence-electron chi connectivity index (χ0n) is 16.6. The molecule has 6 nitrogen and oxygen atoms in total. The van der Waals surface area contributed by atoms with Crippen molar-refractivity contribution in [3.8, 4) is 6.07 Å². The zero-order chi connectivity index (χ0) is 21.5. The van der Waals surface area contributed by atoms with Gasteiger partial charge in [-0.3, -0.25) is 9.78 Å². The molecule has 1 aliphatic carbocycles. The van der Waals surface area contributed by atoms with Crippen LogP contribution in [0.15, 0.2) is 54.9 Å². The summed E-state index contributed by atoms with van der Waals surface area (Å²) in [6.07, 6.45) is 5.30. The maximum atomic E-state index is 13.4. The number of anilines is 1. The number of nitriles is 1. The number of rotatable bonds is 2. The maximum Gasteiger partial charge on any atom is 0.329 e. The molecule has 2 fully saturated rings. The molecular formula is C24H19ClN4O2.